The third-order valence-corrected chi connectivity index (χ3v) is 5.54. The Morgan fingerprint density at radius 1 is 1.25 bits per heavy atom. The van der Waals surface area contributed by atoms with E-state index in [4.69, 9.17) is 0 Å². The summed E-state index contributed by atoms with van der Waals surface area (Å²) in [5, 5.41) is 9.54. The van der Waals surface area contributed by atoms with E-state index < -0.39 is 5.97 Å². The van der Waals surface area contributed by atoms with Crippen molar-refractivity contribution in [3.8, 4) is 0 Å². The van der Waals surface area contributed by atoms with Crippen LogP contribution in [-0.2, 0) is 4.79 Å². The van der Waals surface area contributed by atoms with E-state index in [0.29, 0.717) is 11.3 Å². The van der Waals surface area contributed by atoms with Gasteiger partial charge in [-0.3, -0.25) is 9.69 Å². The quantitative estimate of drug-likeness (QED) is 0.767. The summed E-state index contributed by atoms with van der Waals surface area (Å²) in [6, 6.07) is 0.224. The van der Waals surface area contributed by atoms with E-state index in [0.717, 1.165) is 38.8 Å². The lowest BCUT2D eigenvalue weighted by molar-refractivity contribution is -0.147. The van der Waals surface area contributed by atoms with Crippen molar-refractivity contribution in [3.05, 3.63) is 0 Å². The highest BCUT2D eigenvalue weighted by molar-refractivity contribution is 5.71. The molecule has 1 rings (SSSR count). The predicted molar refractivity (Wildman–Crippen MR) is 83.9 cm³/mol. The molecular weight excluding hydrogens is 250 g/mol. The van der Waals surface area contributed by atoms with E-state index in [2.05, 4.69) is 39.5 Å². The number of carboxylic acid groups (broad SMARTS) is 1. The predicted octanol–water partition coefficient (Wildman–Crippen LogP) is 4.02. The summed E-state index contributed by atoms with van der Waals surface area (Å²) in [6.07, 6.45) is 5.22. The molecule has 0 bridgehead atoms. The van der Waals surface area contributed by atoms with Gasteiger partial charge in [0.05, 0.1) is 5.92 Å². The van der Waals surface area contributed by atoms with Crippen LogP contribution in [0.15, 0.2) is 0 Å². The minimum atomic E-state index is -0.600. The first-order valence-corrected chi connectivity index (χ1v) is 8.34. The average Bonchev–Trinajstić information content (AvgIpc) is 2.43. The fourth-order valence-electron chi connectivity index (χ4n) is 3.68. The molecule has 3 atom stereocenters. The van der Waals surface area contributed by atoms with Crippen LogP contribution in [0.2, 0.25) is 0 Å². The summed E-state index contributed by atoms with van der Waals surface area (Å²) in [6.45, 7) is 13.2. The zero-order valence-corrected chi connectivity index (χ0v) is 14.0. The Morgan fingerprint density at radius 3 is 2.35 bits per heavy atom. The minimum Gasteiger partial charge on any atom is -0.481 e. The summed E-state index contributed by atoms with van der Waals surface area (Å²) in [4.78, 5) is 14.0. The molecule has 3 heteroatoms. The van der Waals surface area contributed by atoms with E-state index in [9.17, 15) is 9.90 Å². The lowest BCUT2D eigenvalue weighted by atomic mass is 9.65. The maximum atomic E-state index is 11.6. The normalized spacial score (nSPS) is 27.8. The van der Waals surface area contributed by atoms with Gasteiger partial charge in [-0.2, -0.15) is 0 Å². The monoisotopic (exact) mass is 283 g/mol. The zero-order chi connectivity index (χ0) is 15.3. The number of hydrogen-bond donors (Lipinski definition) is 1. The van der Waals surface area contributed by atoms with Crippen molar-refractivity contribution in [3.63, 3.8) is 0 Å². The second-order valence-electron chi connectivity index (χ2n) is 6.99. The van der Waals surface area contributed by atoms with Gasteiger partial charge in [0.25, 0.3) is 0 Å². The van der Waals surface area contributed by atoms with Gasteiger partial charge in [-0.1, -0.05) is 41.0 Å². The molecule has 0 amide bonds. The first-order valence-electron chi connectivity index (χ1n) is 8.34. The van der Waals surface area contributed by atoms with Crippen LogP contribution >= 0.6 is 0 Å². The summed E-state index contributed by atoms with van der Waals surface area (Å²) in [5.41, 5.74) is 0.327. The lowest BCUT2D eigenvalue weighted by Crippen LogP contribution is -2.49. The topological polar surface area (TPSA) is 40.5 Å². The summed E-state index contributed by atoms with van der Waals surface area (Å²) >= 11 is 0. The van der Waals surface area contributed by atoms with Crippen molar-refractivity contribution >= 4 is 5.97 Å². The van der Waals surface area contributed by atoms with Crippen molar-refractivity contribution in [2.75, 3.05) is 13.1 Å². The highest BCUT2D eigenvalue weighted by Gasteiger charge is 2.41. The van der Waals surface area contributed by atoms with Crippen LogP contribution in [0.4, 0.5) is 0 Å². The van der Waals surface area contributed by atoms with Gasteiger partial charge in [-0.05, 0) is 50.1 Å². The number of carboxylic acids is 1. The van der Waals surface area contributed by atoms with Crippen molar-refractivity contribution in [2.45, 2.75) is 72.8 Å². The molecule has 0 saturated heterocycles. The fourth-order valence-corrected chi connectivity index (χ4v) is 3.68. The molecule has 20 heavy (non-hydrogen) atoms. The zero-order valence-electron chi connectivity index (χ0n) is 14.0. The highest BCUT2D eigenvalue weighted by Crippen LogP contribution is 2.43. The Balaban J connectivity index is 2.89. The van der Waals surface area contributed by atoms with E-state index in [1.807, 2.05) is 0 Å². The third-order valence-electron chi connectivity index (χ3n) is 5.54. The Kier molecular flexibility index (Phi) is 6.50. The molecule has 0 spiro atoms. The van der Waals surface area contributed by atoms with Gasteiger partial charge in [-0.15, -0.1) is 0 Å². The molecule has 1 fully saturated rings. The first-order chi connectivity index (χ1) is 9.37. The largest absolute Gasteiger partial charge is 0.481 e. The molecule has 1 N–H and O–H groups in total. The fraction of sp³-hybridized carbons (Fsp3) is 0.941. The summed E-state index contributed by atoms with van der Waals surface area (Å²) < 4.78 is 0. The van der Waals surface area contributed by atoms with Crippen LogP contribution in [0.25, 0.3) is 0 Å². The number of hydrogen-bond acceptors (Lipinski definition) is 2. The third kappa shape index (κ3) is 3.97. The molecule has 0 aliphatic heterocycles. The molecule has 3 nitrogen and oxygen atoms in total. The maximum absolute atomic E-state index is 11.6. The Hall–Kier alpha value is -0.570. The standard InChI is InChI=1S/C17H33NO2/c1-6-11-18(8-3)15-12-13(17(4,5)7-2)9-10-14(15)16(19)20/h13-15H,6-12H2,1-5H3,(H,19,20). The molecule has 1 aliphatic rings. The number of aliphatic carboxylic acids is 1. The van der Waals surface area contributed by atoms with E-state index >= 15 is 0 Å². The van der Waals surface area contributed by atoms with Crippen LogP contribution in [0.5, 0.6) is 0 Å². The molecule has 0 aromatic carbocycles. The van der Waals surface area contributed by atoms with Crippen molar-refractivity contribution in [2.24, 2.45) is 17.3 Å². The Bertz CT molecular complexity index is 314. The number of nitrogens with zero attached hydrogens (tertiary/aromatic N) is 1. The van der Waals surface area contributed by atoms with Gasteiger partial charge in [0.15, 0.2) is 0 Å². The van der Waals surface area contributed by atoms with Gasteiger partial charge in [0.2, 0.25) is 0 Å². The summed E-state index contributed by atoms with van der Waals surface area (Å²) in [7, 11) is 0. The molecule has 3 unspecified atom stereocenters. The molecule has 0 radical (unpaired) electrons. The molecule has 118 valence electrons. The minimum absolute atomic E-state index is 0.176. The van der Waals surface area contributed by atoms with Gasteiger partial charge >= 0.3 is 5.97 Å². The smallest absolute Gasteiger partial charge is 0.308 e. The molecule has 0 aromatic heterocycles. The second-order valence-corrected chi connectivity index (χ2v) is 6.99. The second kappa shape index (κ2) is 7.44. The first kappa shape index (κ1) is 17.5. The number of carbonyl (C=O) groups is 1. The van der Waals surface area contributed by atoms with Crippen LogP contribution in [0.1, 0.15) is 66.7 Å². The molecule has 1 aliphatic carbocycles. The van der Waals surface area contributed by atoms with Gasteiger partial charge in [-0.25, -0.2) is 0 Å². The van der Waals surface area contributed by atoms with E-state index in [1.165, 1.54) is 6.42 Å². The maximum Gasteiger partial charge on any atom is 0.308 e. The van der Waals surface area contributed by atoms with E-state index in [-0.39, 0.29) is 12.0 Å². The molecule has 0 aromatic rings. The molecule has 1 saturated carbocycles. The van der Waals surface area contributed by atoms with Crippen LogP contribution in [0, 0.1) is 17.3 Å². The van der Waals surface area contributed by atoms with Gasteiger partial charge in [0.1, 0.15) is 0 Å². The molecular formula is C17H33NO2. The lowest BCUT2D eigenvalue weighted by Gasteiger charge is -2.45. The van der Waals surface area contributed by atoms with Crippen LogP contribution in [0.3, 0.4) is 0 Å². The molecule has 0 heterocycles. The SMILES string of the molecule is CCCN(CC)C1CC(C(C)(C)CC)CCC1C(=O)O. The van der Waals surface area contributed by atoms with Crippen molar-refractivity contribution in [1.29, 1.82) is 0 Å². The number of rotatable bonds is 7. The summed E-state index contributed by atoms with van der Waals surface area (Å²) in [5.74, 6) is -0.123. The van der Waals surface area contributed by atoms with Gasteiger partial charge in [0, 0.05) is 6.04 Å². The van der Waals surface area contributed by atoms with Crippen molar-refractivity contribution in [1.82, 2.24) is 4.90 Å². The Morgan fingerprint density at radius 2 is 1.90 bits per heavy atom. The Labute approximate surface area is 124 Å². The van der Waals surface area contributed by atoms with Crippen LogP contribution < -0.4 is 0 Å². The van der Waals surface area contributed by atoms with Crippen molar-refractivity contribution < 1.29 is 9.90 Å². The van der Waals surface area contributed by atoms with Crippen LogP contribution in [-0.4, -0.2) is 35.1 Å². The average molecular weight is 283 g/mol. The van der Waals surface area contributed by atoms with Gasteiger partial charge < -0.3 is 5.11 Å². The highest BCUT2D eigenvalue weighted by atomic mass is 16.4. The van der Waals surface area contributed by atoms with E-state index in [1.54, 1.807) is 0 Å².